The molecule has 3 aliphatic heterocycles. The van der Waals surface area contributed by atoms with Crippen molar-refractivity contribution < 1.29 is 5.11 Å². The molecule has 5 atom stereocenters. The smallest absolute Gasteiger partial charge is 0.128 e. The second-order valence-corrected chi connectivity index (χ2v) is 8.88. The standard InChI is InChI=1S/C22H33N7O/c1-2-29-13-15(11-24-29)19-10-17-20(12-23-19)26-27-22(17)18-7-5-8-21(25-18)28-9-4-3-6-16(30)14-28/h5,7-8,11,13,16-17,19-20,22-23,26-27,30H,2-4,6,9-10,12,14H2,1H3/t16-,17?,19?,20?,22?/m0/s1. The van der Waals surface area contributed by atoms with Gasteiger partial charge in [-0.1, -0.05) is 6.07 Å². The van der Waals surface area contributed by atoms with Crippen molar-refractivity contribution in [2.75, 3.05) is 24.5 Å². The Morgan fingerprint density at radius 2 is 2.17 bits per heavy atom. The number of nitrogens with one attached hydrogen (secondary N) is 3. The number of hydrazine groups is 1. The lowest BCUT2D eigenvalue weighted by Crippen LogP contribution is -2.46. The number of aliphatic hydroxyl groups is 1. The SMILES string of the molecule is CCn1cc(C2CC3C(CN2)NNC3c2cccc(N3CCCC[C@H](O)C3)n2)cn1. The number of hydrogen-bond donors (Lipinski definition) is 4. The zero-order chi connectivity index (χ0) is 20.5. The third-order valence-corrected chi connectivity index (χ3v) is 6.89. The highest BCUT2D eigenvalue weighted by molar-refractivity contribution is 5.40. The van der Waals surface area contributed by atoms with Crippen molar-refractivity contribution in [2.45, 2.75) is 63.4 Å². The van der Waals surface area contributed by atoms with E-state index in [4.69, 9.17) is 4.98 Å². The summed E-state index contributed by atoms with van der Waals surface area (Å²) in [7, 11) is 0. The zero-order valence-electron chi connectivity index (χ0n) is 17.7. The maximum Gasteiger partial charge on any atom is 0.128 e. The molecule has 0 radical (unpaired) electrons. The number of rotatable bonds is 4. The van der Waals surface area contributed by atoms with Crippen LogP contribution in [0.3, 0.4) is 0 Å². The average molecular weight is 412 g/mol. The maximum absolute atomic E-state index is 10.2. The van der Waals surface area contributed by atoms with E-state index in [1.165, 1.54) is 5.56 Å². The molecule has 5 rings (SSSR count). The summed E-state index contributed by atoms with van der Waals surface area (Å²) in [6, 6.07) is 7.20. The minimum Gasteiger partial charge on any atom is -0.391 e. The zero-order valence-corrected chi connectivity index (χ0v) is 17.7. The number of pyridine rings is 1. The monoisotopic (exact) mass is 411 g/mol. The van der Waals surface area contributed by atoms with Gasteiger partial charge in [0.2, 0.25) is 0 Å². The van der Waals surface area contributed by atoms with Gasteiger partial charge >= 0.3 is 0 Å². The van der Waals surface area contributed by atoms with Gasteiger partial charge in [0.1, 0.15) is 5.82 Å². The number of fused-ring (bicyclic) bond motifs is 1. The molecule has 2 aromatic rings. The quantitative estimate of drug-likeness (QED) is 0.606. The number of nitrogens with zero attached hydrogens (tertiary/aromatic N) is 4. The van der Waals surface area contributed by atoms with E-state index in [0.717, 1.165) is 56.8 Å². The second kappa shape index (κ2) is 8.63. The fourth-order valence-electron chi connectivity index (χ4n) is 5.17. The first kappa shape index (κ1) is 19.9. The molecule has 3 fully saturated rings. The Kier molecular flexibility index (Phi) is 5.73. The highest BCUT2D eigenvalue weighted by Crippen LogP contribution is 2.38. The largest absolute Gasteiger partial charge is 0.391 e. The number of anilines is 1. The molecule has 0 amide bonds. The highest BCUT2D eigenvalue weighted by Gasteiger charge is 2.42. The van der Waals surface area contributed by atoms with E-state index in [0.29, 0.717) is 24.5 Å². The van der Waals surface area contributed by atoms with Gasteiger partial charge in [0, 0.05) is 55.9 Å². The molecule has 4 N–H and O–H groups in total. The summed E-state index contributed by atoms with van der Waals surface area (Å²) in [5.41, 5.74) is 9.34. The molecule has 162 valence electrons. The first-order chi connectivity index (χ1) is 14.7. The summed E-state index contributed by atoms with van der Waals surface area (Å²) in [5.74, 6) is 1.44. The summed E-state index contributed by atoms with van der Waals surface area (Å²) >= 11 is 0. The summed E-state index contributed by atoms with van der Waals surface area (Å²) in [6.45, 7) is 5.57. The minimum atomic E-state index is -0.261. The van der Waals surface area contributed by atoms with Crippen molar-refractivity contribution in [2.24, 2.45) is 5.92 Å². The van der Waals surface area contributed by atoms with Crippen LogP contribution in [0.5, 0.6) is 0 Å². The molecular formula is C22H33N7O. The molecule has 8 heteroatoms. The molecule has 0 bridgehead atoms. The van der Waals surface area contributed by atoms with Crippen LogP contribution in [-0.2, 0) is 6.54 Å². The number of piperidine rings is 1. The molecule has 4 unspecified atom stereocenters. The number of aryl methyl sites for hydroxylation is 1. The van der Waals surface area contributed by atoms with Crippen LogP contribution >= 0.6 is 0 Å². The molecule has 2 aromatic heterocycles. The molecule has 5 heterocycles. The minimum absolute atomic E-state index is 0.178. The molecule has 3 aliphatic rings. The first-order valence-corrected chi connectivity index (χ1v) is 11.4. The lowest BCUT2D eigenvalue weighted by atomic mass is 9.82. The Balaban J connectivity index is 1.34. The lowest BCUT2D eigenvalue weighted by molar-refractivity contribution is 0.174. The molecule has 0 aliphatic carbocycles. The van der Waals surface area contributed by atoms with Gasteiger partial charge in [-0.15, -0.1) is 0 Å². The van der Waals surface area contributed by atoms with E-state index < -0.39 is 0 Å². The highest BCUT2D eigenvalue weighted by atomic mass is 16.3. The van der Waals surface area contributed by atoms with E-state index in [9.17, 15) is 5.11 Å². The van der Waals surface area contributed by atoms with E-state index in [2.05, 4.69) is 57.5 Å². The molecule has 8 nitrogen and oxygen atoms in total. The van der Waals surface area contributed by atoms with Crippen LogP contribution in [0.4, 0.5) is 5.82 Å². The van der Waals surface area contributed by atoms with Crippen molar-refractivity contribution in [3.05, 3.63) is 41.9 Å². The number of hydrogen-bond acceptors (Lipinski definition) is 7. The van der Waals surface area contributed by atoms with Gasteiger partial charge in [0.05, 0.1) is 24.0 Å². The van der Waals surface area contributed by atoms with Crippen LogP contribution < -0.4 is 21.1 Å². The van der Waals surface area contributed by atoms with Crippen LogP contribution in [0.25, 0.3) is 0 Å². The number of aliphatic hydroxyl groups excluding tert-OH is 1. The van der Waals surface area contributed by atoms with Gasteiger partial charge in [0.25, 0.3) is 0 Å². The second-order valence-electron chi connectivity index (χ2n) is 8.88. The van der Waals surface area contributed by atoms with Gasteiger partial charge in [-0.05, 0) is 44.7 Å². The van der Waals surface area contributed by atoms with Crippen LogP contribution in [0.1, 0.15) is 55.9 Å². The molecular weight excluding hydrogens is 378 g/mol. The van der Waals surface area contributed by atoms with Gasteiger partial charge in [0.15, 0.2) is 0 Å². The number of aromatic nitrogens is 3. The van der Waals surface area contributed by atoms with Crippen LogP contribution in [0, 0.1) is 5.92 Å². The van der Waals surface area contributed by atoms with Crippen LogP contribution in [-0.4, -0.2) is 51.7 Å². The molecule has 0 aromatic carbocycles. The molecule has 30 heavy (non-hydrogen) atoms. The predicted octanol–water partition coefficient (Wildman–Crippen LogP) is 1.52. The average Bonchev–Trinajstić information content (AvgIpc) is 3.37. The third-order valence-electron chi connectivity index (χ3n) is 6.89. The fourth-order valence-corrected chi connectivity index (χ4v) is 5.17. The number of β-amino-alcohol motifs (C(OH)–C–C–N with tert-alkyl or cyclic N) is 1. The Hall–Kier alpha value is -2.00. The summed E-state index contributed by atoms with van der Waals surface area (Å²) in [6.07, 6.45) is 8.01. The third kappa shape index (κ3) is 3.97. The van der Waals surface area contributed by atoms with Crippen molar-refractivity contribution in [1.29, 1.82) is 0 Å². The van der Waals surface area contributed by atoms with Crippen LogP contribution in [0.2, 0.25) is 0 Å². The van der Waals surface area contributed by atoms with Gasteiger partial charge in [-0.25, -0.2) is 10.4 Å². The normalized spacial score (nSPS) is 32.1. The molecule has 3 saturated heterocycles. The Labute approximate surface area is 178 Å². The molecule has 0 saturated carbocycles. The Morgan fingerprint density at radius 1 is 1.23 bits per heavy atom. The fraction of sp³-hybridized carbons (Fsp3) is 0.636. The van der Waals surface area contributed by atoms with E-state index in [1.807, 2.05) is 10.9 Å². The van der Waals surface area contributed by atoms with Crippen molar-refractivity contribution in [3.8, 4) is 0 Å². The Morgan fingerprint density at radius 3 is 3.03 bits per heavy atom. The van der Waals surface area contributed by atoms with E-state index in [-0.39, 0.29) is 12.1 Å². The van der Waals surface area contributed by atoms with Crippen LogP contribution in [0.15, 0.2) is 30.6 Å². The topological polar surface area (TPSA) is 90.3 Å². The van der Waals surface area contributed by atoms with E-state index in [1.54, 1.807) is 0 Å². The molecule has 0 spiro atoms. The van der Waals surface area contributed by atoms with E-state index >= 15 is 0 Å². The summed E-state index contributed by atoms with van der Waals surface area (Å²) in [4.78, 5) is 7.28. The van der Waals surface area contributed by atoms with Gasteiger partial charge in [-0.2, -0.15) is 5.10 Å². The Bertz CT molecular complexity index is 856. The van der Waals surface area contributed by atoms with Crippen molar-refractivity contribution in [3.63, 3.8) is 0 Å². The lowest BCUT2D eigenvalue weighted by Gasteiger charge is -2.34. The van der Waals surface area contributed by atoms with Gasteiger partial charge < -0.3 is 15.3 Å². The first-order valence-electron chi connectivity index (χ1n) is 11.4. The van der Waals surface area contributed by atoms with Crippen molar-refractivity contribution >= 4 is 5.82 Å². The summed E-state index contributed by atoms with van der Waals surface area (Å²) in [5, 5.41) is 18.3. The predicted molar refractivity (Wildman–Crippen MR) is 116 cm³/mol. The van der Waals surface area contributed by atoms with Crippen molar-refractivity contribution in [1.82, 2.24) is 30.9 Å². The maximum atomic E-state index is 10.2. The summed E-state index contributed by atoms with van der Waals surface area (Å²) < 4.78 is 1.99. The van der Waals surface area contributed by atoms with Gasteiger partial charge in [-0.3, -0.25) is 10.1 Å².